The molecule has 0 amide bonds. The summed E-state index contributed by atoms with van der Waals surface area (Å²) in [7, 11) is -3.74. The van der Waals surface area contributed by atoms with Crippen LogP contribution in [0.25, 0.3) is 0 Å². The molecular formula is C9H12FN3O2S2. The lowest BCUT2D eigenvalue weighted by atomic mass is 10.3. The van der Waals surface area contributed by atoms with Crippen molar-refractivity contribution in [2.75, 3.05) is 4.72 Å². The lowest BCUT2D eigenvalue weighted by Crippen LogP contribution is -2.37. The Kier molecular flexibility index (Phi) is 4.35. The Morgan fingerprint density at radius 2 is 2.29 bits per heavy atom. The summed E-state index contributed by atoms with van der Waals surface area (Å²) in [4.78, 5) is 3.48. The van der Waals surface area contributed by atoms with E-state index < -0.39 is 21.1 Å². The van der Waals surface area contributed by atoms with Crippen molar-refractivity contribution in [2.24, 2.45) is 5.73 Å². The number of halogens is 1. The SMILES string of the molecule is CCC(C(N)=S)S(=O)(=O)Nc1ccc(F)cn1. The summed E-state index contributed by atoms with van der Waals surface area (Å²) in [6.07, 6.45) is 1.17. The van der Waals surface area contributed by atoms with Gasteiger partial charge in [0.2, 0.25) is 10.0 Å². The van der Waals surface area contributed by atoms with Crippen molar-refractivity contribution in [1.29, 1.82) is 0 Å². The van der Waals surface area contributed by atoms with E-state index in [0.717, 1.165) is 12.3 Å². The first-order chi connectivity index (χ1) is 7.86. The minimum atomic E-state index is -3.74. The third-order valence-electron chi connectivity index (χ3n) is 2.04. The highest BCUT2D eigenvalue weighted by Crippen LogP contribution is 2.12. The Balaban J connectivity index is 2.93. The molecule has 17 heavy (non-hydrogen) atoms. The first-order valence-corrected chi connectivity index (χ1v) is 6.74. The first kappa shape index (κ1) is 13.8. The van der Waals surface area contributed by atoms with Crippen molar-refractivity contribution in [3.63, 3.8) is 0 Å². The fourth-order valence-electron chi connectivity index (χ4n) is 1.23. The van der Waals surface area contributed by atoms with Gasteiger partial charge in [-0.25, -0.2) is 17.8 Å². The second-order valence-corrected chi connectivity index (χ2v) is 5.64. The van der Waals surface area contributed by atoms with Crippen molar-refractivity contribution in [3.05, 3.63) is 24.1 Å². The average molecular weight is 277 g/mol. The Morgan fingerprint density at radius 1 is 1.65 bits per heavy atom. The zero-order valence-electron chi connectivity index (χ0n) is 9.05. The highest BCUT2D eigenvalue weighted by Gasteiger charge is 2.26. The standard InChI is InChI=1S/C9H12FN3O2S2/c1-2-7(9(11)16)17(14,15)13-8-4-3-6(10)5-12-8/h3-5,7H,2H2,1H3,(H2,11,16)(H,12,13). The second kappa shape index (κ2) is 5.37. The fourth-order valence-corrected chi connectivity index (χ4v) is 3.07. The van der Waals surface area contributed by atoms with E-state index in [-0.39, 0.29) is 17.2 Å². The Morgan fingerprint density at radius 3 is 2.71 bits per heavy atom. The number of nitrogens with two attached hydrogens (primary N) is 1. The van der Waals surface area contributed by atoms with Crippen LogP contribution in [0.4, 0.5) is 10.2 Å². The molecule has 5 nitrogen and oxygen atoms in total. The van der Waals surface area contributed by atoms with E-state index in [4.69, 9.17) is 5.73 Å². The molecule has 94 valence electrons. The zero-order valence-corrected chi connectivity index (χ0v) is 10.7. The molecule has 8 heteroatoms. The van der Waals surface area contributed by atoms with Gasteiger partial charge in [0.05, 0.1) is 11.2 Å². The van der Waals surface area contributed by atoms with Crippen molar-refractivity contribution < 1.29 is 12.8 Å². The summed E-state index contributed by atoms with van der Waals surface area (Å²) < 4.78 is 38.5. The third kappa shape index (κ3) is 3.60. The lowest BCUT2D eigenvalue weighted by molar-refractivity contribution is 0.594. The summed E-state index contributed by atoms with van der Waals surface area (Å²) in [5.74, 6) is -0.518. The quantitative estimate of drug-likeness (QED) is 0.785. The zero-order chi connectivity index (χ0) is 13.1. The summed E-state index contributed by atoms with van der Waals surface area (Å²) in [5, 5.41) is -0.968. The van der Waals surface area contributed by atoms with Gasteiger partial charge in [0.15, 0.2) is 0 Å². The van der Waals surface area contributed by atoms with Gasteiger partial charge in [0.25, 0.3) is 0 Å². The van der Waals surface area contributed by atoms with E-state index in [1.807, 2.05) is 0 Å². The molecule has 1 aromatic rings. The number of nitrogens with zero attached hydrogens (tertiary/aromatic N) is 1. The predicted molar refractivity (Wildman–Crippen MR) is 67.6 cm³/mol. The molecule has 0 bridgehead atoms. The van der Waals surface area contributed by atoms with E-state index in [9.17, 15) is 12.8 Å². The molecule has 0 aliphatic carbocycles. The molecule has 3 N–H and O–H groups in total. The summed E-state index contributed by atoms with van der Waals surface area (Å²) >= 11 is 4.68. The van der Waals surface area contributed by atoms with Crippen LogP contribution in [-0.2, 0) is 10.0 Å². The predicted octanol–water partition coefficient (Wildman–Crippen LogP) is 1.03. The number of rotatable bonds is 5. The molecule has 0 aliphatic heterocycles. The monoisotopic (exact) mass is 277 g/mol. The maximum absolute atomic E-state index is 12.6. The van der Waals surface area contributed by atoms with E-state index in [0.29, 0.717) is 0 Å². The fraction of sp³-hybridized carbons (Fsp3) is 0.333. The molecule has 0 radical (unpaired) electrons. The van der Waals surface area contributed by atoms with Crippen LogP contribution in [0.3, 0.4) is 0 Å². The molecule has 0 spiro atoms. The van der Waals surface area contributed by atoms with Gasteiger partial charge in [-0.1, -0.05) is 19.1 Å². The van der Waals surface area contributed by atoms with Gasteiger partial charge in [0, 0.05) is 0 Å². The van der Waals surface area contributed by atoms with Gasteiger partial charge in [-0.15, -0.1) is 0 Å². The molecule has 0 saturated carbocycles. The number of pyridine rings is 1. The number of sulfonamides is 1. The Labute approximate surface area is 104 Å². The molecule has 0 aliphatic rings. The summed E-state index contributed by atoms with van der Waals surface area (Å²) in [5.41, 5.74) is 5.34. The van der Waals surface area contributed by atoms with E-state index in [1.165, 1.54) is 6.07 Å². The van der Waals surface area contributed by atoms with E-state index in [2.05, 4.69) is 21.9 Å². The van der Waals surface area contributed by atoms with Gasteiger partial charge in [-0.05, 0) is 18.6 Å². The molecule has 1 heterocycles. The Bertz CT molecular complexity index is 501. The number of anilines is 1. The van der Waals surface area contributed by atoms with Crippen LogP contribution in [-0.4, -0.2) is 23.6 Å². The minimum absolute atomic E-state index is 0.0288. The van der Waals surface area contributed by atoms with Crippen LogP contribution < -0.4 is 10.5 Å². The molecule has 0 saturated heterocycles. The lowest BCUT2D eigenvalue weighted by Gasteiger charge is -2.15. The van der Waals surface area contributed by atoms with Crippen LogP contribution >= 0.6 is 12.2 Å². The van der Waals surface area contributed by atoms with Crippen molar-refractivity contribution in [1.82, 2.24) is 4.98 Å². The van der Waals surface area contributed by atoms with E-state index >= 15 is 0 Å². The first-order valence-electron chi connectivity index (χ1n) is 4.79. The normalized spacial score (nSPS) is 13.1. The Hall–Kier alpha value is -1.28. The molecule has 1 rings (SSSR count). The third-order valence-corrected chi connectivity index (χ3v) is 4.30. The van der Waals surface area contributed by atoms with Crippen LogP contribution in [0, 0.1) is 5.82 Å². The van der Waals surface area contributed by atoms with Crippen molar-refractivity contribution in [3.8, 4) is 0 Å². The molecule has 0 aromatic carbocycles. The number of aromatic nitrogens is 1. The van der Waals surface area contributed by atoms with Crippen LogP contribution in [0.1, 0.15) is 13.3 Å². The number of hydrogen-bond acceptors (Lipinski definition) is 4. The summed E-state index contributed by atoms with van der Waals surface area (Å²) in [6.45, 7) is 1.65. The number of hydrogen-bond donors (Lipinski definition) is 2. The minimum Gasteiger partial charge on any atom is -0.392 e. The van der Waals surface area contributed by atoms with Crippen LogP contribution in [0.15, 0.2) is 18.3 Å². The molecule has 1 atom stereocenters. The largest absolute Gasteiger partial charge is 0.392 e. The maximum Gasteiger partial charge on any atom is 0.243 e. The molecule has 1 aromatic heterocycles. The number of nitrogens with one attached hydrogen (secondary N) is 1. The van der Waals surface area contributed by atoms with E-state index in [1.54, 1.807) is 6.92 Å². The maximum atomic E-state index is 12.6. The van der Waals surface area contributed by atoms with Crippen molar-refractivity contribution >= 4 is 33.0 Å². The molecular weight excluding hydrogens is 265 g/mol. The molecule has 0 fully saturated rings. The van der Waals surface area contributed by atoms with Crippen LogP contribution in [0.2, 0.25) is 0 Å². The van der Waals surface area contributed by atoms with Gasteiger partial charge in [-0.2, -0.15) is 0 Å². The van der Waals surface area contributed by atoms with Gasteiger partial charge in [0.1, 0.15) is 16.9 Å². The number of thiocarbonyl (C=S) groups is 1. The average Bonchev–Trinajstić information content (AvgIpc) is 2.21. The topological polar surface area (TPSA) is 85.1 Å². The highest BCUT2D eigenvalue weighted by atomic mass is 32.2. The molecule has 1 unspecified atom stereocenters. The van der Waals surface area contributed by atoms with Gasteiger partial charge in [-0.3, -0.25) is 4.72 Å². The highest BCUT2D eigenvalue weighted by molar-refractivity contribution is 7.95. The second-order valence-electron chi connectivity index (χ2n) is 3.31. The smallest absolute Gasteiger partial charge is 0.243 e. The van der Waals surface area contributed by atoms with Gasteiger partial charge < -0.3 is 5.73 Å². The van der Waals surface area contributed by atoms with Gasteiger partial charge >= 0.3 is 0 Å². The van der Waals surface area contributed by atoms with Crippen LogP contribution in [0.5, 0.6) is 0 Å². The summed E-state index contributed by atoms with van der Waals surface area (Å²) in [6, 6.07) is 2.33. The van der Waals surface area contributed by atoms with Crippen molar-refractivity contribution in [2.45, 2.75) is 18.6 Å².